The Morgan fingerprint density at radius 2 is 1.14 bits per heavy atom. The van der Waals surface area contributed by atoms with Crippen LogP contribution in [0.2, 0.25) is 0 Å². The van der Waals surface area contributed by atoms with Gasteiger partial charge in [0.1, 0.15) is 28.0 Å². The summed E-state index contributed by atoms with van der Waals surface area (Å²) in [6.45, 7) is 0. The highest BCUT2D eigenvalue weighted by Crippen LogP contribution is 2.28. The van der Waals surface area contributed by atoms with E-state index in [0.29, 0.717) is 55.5 Å². The number of aromatic amines is 4. The summed E-state index contributed by atoms with van der Waals surface area (Å²) in [5.41, 5.74) is 17.0. The largest absolute Gasteiger partial charge is 0.506 e. The molecule has 0 aliphatic carbocycles. The van der Waals surface area contributed by atoms with Gasteiger partial charge in [0.25, 0.3) is 0 Å². The Kier molecular flexibility index (Phi) is 3.16. The molecule has 28 heavy (non-hydrogen) atoms. The molecule has 0 spiro atoms. The van der Waals surface area contributed by atoms with E-state index in [1.165, 1.54) is 12.1 Å². The van der Waals surface area contributed by atoms with Gasteiger partial charge < -0.3 is 31.6 Å². The maximum atomic E-state index is 10.2. The summed E-state index contributed by atoms with van der Waals surface area (Å²) in [4.78, 5) is 6.36. The molecule has 0 atom stereocenters. The van der Waals surface area contributed by atoms with Crippen molar-refractivity contribution >= 4 is 55.5 Å². The minimum atomic E-state index is -0.0279. The fourth-order valence-corrected chi connectivity index (χ4v) is 3.14. The van der Waals surface area contributed by atoms with Gasteiger partial charge in [0.2, 0.25) is 0 Å². The zero-order chi connectivity index (χ0) is 19.4. The van der Waals surface area contributed by atoms with Crippen LogP contribution in [0.1, 0.15) is 0 Å². The second-order valence-corrected chi connectivity index (χ2v) is 6.46. The molecule has 0 unspecified atom stereocenters. The molecule has 0 aliphatic heterocycles. The van der Waals surface area contributed by atoms with Crippen LogP contribution in [-0.4, -0.2) is 40.6 Å². The molecule has 10 nitrogen and oxygen atoms in total. The number of phenols is 2. The van der Waals surface area contributed by atoms with E-state index in [9.17, 15) is 10.2 Å². The van der Waals surface area contributed by atoms with Gasteiger partial charge in [-0.25, -0.2) is 0 Å². The van der Waals surface area contributed by atoms with E-state index in [4.69, 9.17) is 11.5 Å². The molecule has 6 heterocycles. The normalized spacial score (nSPS) is 11.4. The van der Waals surface area contributed by atoms with Gasteiger partial charge in [-0.1, -0.05) is 0 Å². The molecule has 140 valence electrons. The first-order valence-corrected chi connectivity index (χ1v) is 8.39. The molecule has 6 bridgehead atoms. The smallest absolute Gasteiger partial charge is 0.142 e. The topological polar surface area (TPSA) is 181 Å². The highest BCUT2D eigenvalue weighted by atomic mass is 16.3. The predicted octanol–water partition coefficient (Wildman–Crippen LogP) is 2.66. The maximum absolute atomic E-state index is 10.2. The SMILES string of the molecule is Nc1cc2[nH]nc3ccc(n[nH]c1cc2O)c1[nH]c2cc(O)c(cc2N)[nH]c31. The number of phenolic OH excluding ortho intramolecular Hbond substituents is 2. The number of nitrogens with one attached hydrogen (secondary N) is 4. The van der Waals surface area contributed by atoms with E-state index in [1.807, 2.05) is 0 Å². The van der Waals surface area contributed by atoms with Gasteiger partial charge in [0, 0.05) is 12.1 Å². The summed E-state index contributed by atoms with van der Waals surface area (Å²) in [5.74, 6) is 0.0167. The van der Waals surface area contributed by atoms with Crippen LogP contribution in [0.5, 0.6) is 11.5 Å². The van der Waals surface area contributed by atoms with Crippen LogP contribution < -0.4 is 11.5 Å². The molecule has 9 rings (SSSR count). The van der Waals surface area contributed by atoms with Crippen molar-refractivity contribution < 1.29 is 10.2 Å². The van der Waals surface area contributed by atoms with E-state index >= 15 is 0 Å². The summed E-state index contributed by atoms with van der Waals surface area (Å²) in [6, 6.07) is 9.72. The quantitative estimate of drug-likeness (QED) is 0.152. The van der Waals surface area contributed by atoms with Crippen LogP contribution >= 0.6 is 0 Å². The van der Waals surface area contributed by atoms with Crippen LogP contribution in [-0.2, 0) is 0 Å². The average Bonchev–Trinajstić information content (AvgIpc) is 2.64. The van der Waals surface area contributed by atoms with Crippen LogP contribution in [0.15, 0.2) is 36.4 Å². The van der Waals surface area contributed by atoms with E-state index in [0.717, 1.165) is 0 Å². The minimum absolute atomic E-state index is 0.0279. The number of hydrogen-bond donors (Lipinski definition) is 8. The number of anilines is 2. The van der Waals surface area contributed by atoms with Gasteiger partial charge in [0.05, 0.1) is 39.0 Å². The first-order chi connectivity index (χ1) is 13.5. The van der Waals surface area contributed by atoms with Crippen LogP contribution in [0, 0.1) is 0 Å². The Bertz CT molecular complexity index is 1350. The Labute approximate surface area is 156 Å². The van der Waals surface area contributed by atoms with Crippen molar-refractivity contribution in [2.45, 2.75) is 0 Å². The molecule has 0 radical (unpaired) electrons. The van der Waals surface area contributed by atoms with Crippen molar-refractivity contribution in [2.75, 3.05) is 11.5 Å². The molecular formula is C18H16N8O2. The third kappa shape index (κ3) is 2.35. The van der Waals surface area contributed by atoms with E-state index in [2.05, 4.69) is 30.4 Å². The summed E-state index contributed by atoms with van der Waals surface area (Å²) in [5, 5.41) is 34.9. The van der Waals surface area contributed by atoms with Crippen molar-refractivity contribution in [1.82, 2.24) is 30.4 Å². The Balaban J connectivity index is 2.09. The van der Waals surface area contributed by atoms with Gasteiger partial charge >= 0.3 is 0 Å². The fourth-order valence-electron chi connectivity index (χ4n) is 3.14. The molecule has 0 aliphatic rings. The lowest BCUT2D eigenvalue weighted by atomic mass is 10.2. The van der Waals surface area contributed by atoms with Crippen molar-refractivity contribution in [3.05, 3.63) is 36.4 Å². The zero-order valence-electron chi connectivity index (χ0n) is 14.4. The number of nitrogens with two attached hydrogens (primary N) is 2. The van der Waals surface area contributed by atoms with Crippen LogP contribution in [0.25, 0.3) is 44.1 Å². The molecule has 0 fully saturated rings. The number of H-pyrrole nitrogens is 4. The maximum Gasteiger partial charge on any atom is 0.142 e. The van der Waals surface area contributed by atoms with E-state index in [-0.39, 0.29) is 11.5 Å². The number of aromatic nitrogens is 6. The fraction of sp³-hybridized carbons (Fsp3) is 0. The summed E-state index contributed by atoms with van der Waals surface area (Å²) in [6.07, 6.45) is 0. The Morgan fingerprint density at radius 1 is 0.643 bits per heavy atom. The minimum Gasteiger partial charge on any atom is -0.506 e. The first-order valence-electron chi connectivity index (χ1n) is 8.39. The number of hydrogen-bond acceptors (Lipinski definition) is 6. The molecule has 9 aromatic rings. The number of fused-ring (bicyclic) bond motifs is 2. The Hall–Kier alpha value is -4.34. The molecular weight excluding hydrogens is 360 g/mol. The zero-order valence-corrected chi connectivity index (χ0v) is 14.4. The van der Waals surface area contributed by atoms with Crippen molar-refractivity contribution in [1.29, 1.82) is 0 Å². The summed E-state index contributed by atoms with van der Waals surface area (Å²) in [7, 11) is 0. The monoisotopic (exact) mass is 376 g/mol. The predicted molar refractivity (Wildman–Crippen MR) is 108 cm³/mol. The third-order valence-corrected chi connectivity index (χ3v) is 4.61. The number of benzene rings is 3. The van der Waals surface area contributed by atoms with Gasteiger partial charge in [0.15, 0.2) is 0 Å². The highest BCUT2D eigenvalue weighted by molar-refractivity contribution is 6.01. The number of aromatic hydroxyl groups is 2. The van der Waals surface area contributed by atoms with E-state index in [1.54, 1.807) is 24.3 Å². The lowest BCUT2D eigenvalue weighted by Crippen LogP contribution is -1.95. The lowest BCUT2D eigenvalue weighted by molar-refractivity contribution is 0.480. The van der Waals surface area contributed by atoms with Crippen molar-refractivity contribution in [3.63, 3.8) is 0 Å². The first kappa shape index (κ1) is 15.9. The number of rotatable bonds is 0. The molecule has 10 heteroatoms. The van der Waals surface area contributed by atoms with Crippen LogP contribution in [0.4, 0.5) is 11.4 Å². The van der Waals surface area contributed by atoms with Gasteiger partial charge in [-0.2, -0.15) is 10.2 Å². The van der Waals surface area contributed by atoms with Crippen molar-refractivity contribution in [3.8, 4) is 11.5 Å². The summed E-state index contributed by atoms with van der Waals surface area (Å²) >= 11 is 0. The molecule has 0 amide bonds. The molecule has 0 saturated carbocycles. The second-order valence-electron chi connectivity index (χ2n) is 6.46. The molecule has 10 N–H and O–H groups in total. The number of nitrogen functional groups attached to an aromatic ring is 2. The standard InChI is InChI=1S/C18H16N8O2/c19-7-3-13-15(27)5-11(7)21-17-9-1-2-10(18(17)22-13)24-26-14-4-8(20)12(25-23-9)6-16(14)28/h1-6,21-22,25-28H,19-20H2. The van der Waals surface area contributed by atoms with E-state index < -0.39 is 0 Å². The average molecular weight is 376 g/mol. The number of nitrogens with zero attached hydrogens (tertiary/aromatic N) is 2. The second kappa shape index (κ2) is 5.58. The van der Waals surface area contributed by atoms with Crippen molar-refractivity contribution in [2.24, 2.45) is 0 Å². The molecule has 6 aromatic heterocycles. The molecule has 0 saturated heterocycles. The van der Waals surface area contributed by atoms with Gasteiger partial charge in [-0.3, -0.25) is 10.2 Å². The van der Waals surface area contributed by atoms with Gasteiger partial charge in [-0.15, -0.1) is 0 Å². The highest BCUT2D eigenvalue weighted by Gasteiger charge is 2.08. The van der Waals surface area contributed by atoms with Gasteiger partial charge in [-0.05, 0) is 24.3 Å². The molecule has 3 aromatic carbocycles. The Morgan fingerprint density at radius 3 is 1.86 bits per heavy atom. The third-order valence-electron chi connectivity index (χ3n) is 4.61. The lowest BCUT2D eigenvalue weighted by Gasteiger charge is -2.08. The summed E-state index contributed by atoms with van der Waals surface area (Å²) < 4.78 is 0. The van der Waals surface area contributed by atoms with Crippen LogP contribution in [0.3, 0.4) is 0 Å².